The van der Waals surface area contributed by atoms with Crippen LogP contribution in [-0.2, 0) is 0 Å². The summed E-state index contributed by atoms with van der Waals surface area (Å²) in [5.74, 6) is -0.117. The van der Waals surface area contributed by atoms with Crippen molar-refractivity contribution in [2.24, 2.45) is 5.92 Å². The molecule has 1 aromatic carbocycles. The molecule has 2 aromatic rings. The van der Waals surface area contributed by atoms with E-state index < -0.39 is 5.60 Å². The molecule has 2 N–H and O–H groups in total. The summed E-state index contributed by atoms with van der Waals surface area (Å²) >= 11 is 1.56. The molecule has 0 aliphatic rings. The number of hydrogen-bond acceptors (Lipinski definition) is 4. The maximum absolute atomic E-state index is 12.3. The predicted molar refractivity (Wildman–Crippen MR) is 90.1 cm³/mol. The highest BCUT2D eigenvalue weighted by Crippen LogP contribution is 2.24. The van der Waals surface area contributed by atoms with Gasteiger partial charge >= 0.3 is 0 Å². The summed E-state index contributed by atoms with van der Waals surface area (Å²) in [5.41, 5.74) is 1.56. The van der Waals surface area contributed by atoms with Crippen LogP contribution in [0.3, 0.4) is 0 Å². The molecule has 0 fully saturated rings. The summed E-state index contributed by atoms with van der Waals surface area (Å²) in [4.78, 5) is 16.7. The number of aryl methyl sites for hydroxylation is 1. The Labute approximate surface area is 135 Å². The first kappa shape index (κ1) is 16.6. The second-order valence-electron chi connectivity index (χ2n) is 6.07. The fraction of sp³-hybridized carbons (Fsp3) is 0.412. The molecular weight excluding hydrogens is 296 g/mol. The van der Waals surface area contributed by atoms with Gasteiger partial charge in [0.25, 0.3) is 5.91 Å². The topological polar surface area (TPSA) is 62.2 Å². The molecule has 0 spiro atoms. The summed E-state index contributed by atoms with van der Waals surface area (Å²) in [5, 5.41) is 15.9. The fourth-order valence-corrected chi connectivity index (χ4v) is 2.64. The third-order valence-corrected chi connectivity index (χ3v) is 4.85. The number of amides is 1. The molecule has 0 bridgehead atoms. The zero-order valence-corrected chi connectivity index (χ0v) is 14.2. The first-order chi connectivity index (χ1) is 10.3. The molecule has 1 amide bonds. The van der Waals surface area contributed by atoms with Gasteiger partial charge in [0.15, 0.2) is 0 Å². The molecule has 1 atom stereocenters. The molecule has 0 saturated heterocycles. The van der Waals surface area contributed by atoms with Gasteiger partial charge in [-0.05, 0) is 31.9 Å². The van der Waals surface area contributed by atoms with Crippen molar-refractivity contribution in [2.75, 3.05) is 6.54 Å². The molecule has 0 radical (unpaired) electrons. The van der Waals surface area contributed by atoms with Gasteiger partial charge in [-0.3, -0.25) is 4.79 Å². The van der Waals surface area contributed by atoms with Crippen molar-refractivity contribution < 1.29 is 9.90 Å². The van der Waals surface area contributed by atoms with Gasteiger partial charge in [0.2, 0.25) is 0 Å². The molecule has 1 unspecified atom stereocenters. The Morgan fingerprint density at radius 3 is 2.77 bits per heavy atom. The van der Waals surface area contributed by atoms with Gasteiger partial charge in [0, 0.05) is 28.7 Å². The van der Waals surface area contributed by atoms with Crippen LogP contribution in [0.5, 0.6) is 0 Å². The van der Waals surface area contributed by atoms with Gasteiger partial charge < -0.3 is 10.4 Å². The number of hydrogen-bond donors (Lipinski definition) is 2. The molecule has 1 aromatic heterocycles. The number of carbonyl (C=O) groups is 1. The van der Waals surface area contributed by atoms with Gasteiger partial charge in [0.1, 0.15) is 5.01 Å². The first-order valence-corrected chi connectivity index (χ1v) is 8.20. The van der Waals surface area contributed by atoms with Crippen molar-refractivity contribution in [1.82, 2.24) is 10.3 Å². The number of aromatic nitrogens is 1. The van der Waals surface area contributed by atoms with Gasteiger partial charge in [0.05, 0.1) is 5.60 Å². The van der Waals surface area contributed by atoms with Crippen LogP contribution in [0.15, 0.2) is 29.6 Å². The minimum absolute atomic E-state index is 0.0671. The van der Waals surface area contributed by atoms with E-state index in [0.29, 0.717) is 5.56 Å². The number of thiazole rings is 1. The predicted octanol–water partition coefficient (Wildman–Crippen LogP) is 3.26. The van der Waals surface area contributed by atoms with E-state index in [0.717, 1.165) is 16.3 Å². The third kappa shape index (κ3) is 3.93. The Balaban J connectivity index is 2.11. The summed E-state index contributed by atoms with van der Waals surface area (Å²) in [6, 6.07) is 7.39. The quantitative estimate of drug-likeness (QED) is 0.889. The highest BCUT2D eigenvalue weighted by Gasteiger charge is 2.25. The van der Waals surface area contributed by atoms with Gasteiger partial charge in [-0.15, -0.1) is 11.3 Å². The Morgan fingerprint density at radius 2 is 2.18 bits per heavy atom. The van der Waals surface area contributed by atoms with E-state index in [9.17, 15) is 9.90 Å². The van der Waals surface area contributed by atoms with Crippen molar-refractivity contribution in [3.63, 3.8) is 0 Å². The molecule has 1 heterocycles. The van der Waals surface area contributed by atoms with Crippen molar-refractivity contribution in [1.29, 1.82) is 0 Å². The third-order valence-electron chi connectivity index (χ3n) is 3.84. The normalized spacial score (nSPS) is 13.9. The molecule has 0 aliphatic heterocycles. The van der Waals surface area contributed by atoms with E-state index in [1.54, 1.807) is 24.3 Å². The van der Waals surface area contributed by atoms with Crippen LogP contribution in [0, 0.1) is 12.8 Å². The average Bonchev–Trinajstić information content (AvgIpc) is 2.91. The molecule has 4 nitrogen and oxygen atoms in total. The molecule has 2 rings (SSSR count). The van der Waals surface area contributed by atoms with E-state index >= 15 is 0 Å². The van der Waals surface area contributed by atoms with Crippen LogP contribution in [0.1, 0.15) is 36.8 Å². The van der Waals surface area contributed by atoms with E-state index in [2.05, 4.69) is 10.3 Å². The minimum atomic E-state index is -0.917. The number of benzene rings is 1. The van der Waals surface area contributed by atoms with Crippen molar-refractivity contribution in [2.45, 2.75) is 33.3 Å². The van der Waals surface area contributed by atoms with Crippen LogP contribution in [0.4, 0.5) is 0 Å². The summed E-state index contributed by atoms with van der Waals surface area (Å²) in [6.45, 7) is 7.76. The SMILES string of the molecule is Cc1csc(-c2cccc(C(=O)NCC(C)(O)C(C)C)c2)n1. The average molecular weight is 318 g/mol. The molecule has 0 aliphatic carbocycles. The number of nitrogens with zero attached hydrogens (tertiary/aromatic N) is 1. The standard InChI is InChI=1S/C17H22N2O2S/c1-11(2)17(4,21)10-18-15(20)13-6-5-7-14(8-13)16-19-12(3)9-22-16/h5-9,11,21H,10H2,1-4H3,(H,18,20). The monoisotopic (exact) mass is 318 g/mol. The lowest BCUT2D eigenvalue weighted by atomic mass is 9.92. The van der Waals surface area contributed by atoms with E-state index in [1.165, 1.54) is 0 Å². The van der Waals surface area contributed by atoms with Crippen LogP contribution < -0.4 is 5.32 Å². The maximum atomic E-state index is 12.3. The van der Waals surface area contributed by atoms with Crippen molar-refractivity contribution in [3.8, 4) is 10.6 Å². The van der Waals surface area contributed by atoms with Crippen molar-refractivity contribution in [3.05, 3.63) is 40.9 Å². The molecule has 0 saturated carbocycles. The molecule has 118 valence electrons. The number of aliphatic hydroxyl groups is 1. The zero-order valence-electron chi connectivity index (χ0n) is 13.4. The lowest BCUT2D eigenvalue weighted by Gasteiger charge is -2.27. The van der Waals surface area contributed by atoms with Gasteiger partial charge in [-0.2, -0.15) is 0 Å². The second-order valence-corrected chi connectivity index (χ2v) is 6.93. The smallest absolute Gasteiger partial charge is 0.251 e. The number of rotatable bonds is 5. The number of nitrogens with one attached hydrogen (secondary N) is 1. The Kier molecular flexibility index (Phi) is 4.98. The maximum Gasteiger partial charge on any atom is 0.251 e. The van der Waals surface area contributed by atoms with Gasteiger partial charge in [-0.1, -0.05) is 26.0 Å². The Morgan fingerprint density at radius 1 is 1.45 bits per heavy atom. The first-order valence-electron chi connectivity index (χ1n) is 7.33. The highest BCUT2D eigenvalue weighted by atomic mass is 32.1. The zero-order chi connectivity index (χ0) is 16.3. The fourth-order valence-electron chi connectivity index (χ4n) is 1.85. The van der Waals surface area contributed by atoms with E-state index in [4.69, 9.17) is 0 Å². The van der Waals surface area contributed by atoms with Crippen molar-refractivity contribution >= 4 is 17.2 Å². The van der Waals surface area contributed by atoms with Crippen LogP contribution in [0.25, 0.3) is 10.6 Å². The van der Waals surface area contributed by atoms with E-state index in [-0.39, 0.29) is 18.4 Å². The summed E-state index contributed by atoms with van der Waals surface area (Å²) in [7, 11) is 0. The summed E-state index contributed by atoms with van der Waals surface area (Å²) < 4.78 is 0. The molecular formula is C17H22N2O2S. The molecule has 5 heteroatoms. The van der Waals surface area contributed by atoms with Crippen LogP contribution >= 0.6 is 11.3 Å². The van der Waals surface area contributed by atoms with E-state index in [1.807, 2.05) is 44.4 Å². The Bertz CT molecular complexity index is 662. The number of carbonyl (C=O) groups excluding carboxylic acids is 1. The minimum Gasteiger partial charge on any atom is -0.388 e. The molecule has 22 heavy (non-hydrogen) atoms. The van der Waals surface area contributed by atoms with Crippen LogP contribution in [0.2, 0.25) is 0 Å². The second kappa shape index (κ2) is 6.58. The largest absolute Gasteiger partial charge is 0.388 e. The van der Waals surface area contributed by atoms with Crippen LogP contribution in [-0.4, -0.2) is 28.1 Å². The lowest BCUT2D eigenvalue weighted by Crippen LogP contribution is -2.44. The lowest BCUT2D eigenvalue weighted by molar-refractivity contribution is 0.0142. The van der Waals surface area contributed by atoms with Gasteiger partial charge in [-0.25, -0.2) is 4.98 Å². The summed E-state index contributed by atoms with van der Waals surface area (Å²) in [6.07, 6.45) is 0. The Hall–Kier alpha value is -1.72. The highest BCUT2D eigenvalue weighted by molar-refractivity contribution is 7.13.